The Morgan fingerprint density at radius 2 is 1.35 bits per heavy atom. The standard InChI is InChI=1S/C14H10F4O2/c15-10-1-9(2-11(16)5-10)7-20-14-12(17)3-8(6-19)4-13(14)18/h1-5,19H,6-7H2. The van der Waals surface area contributed by atoms with Crippen molar-refractivity contribution in [3.05, 3.63) is 64.7 Å². The molecule has 0 aliphatic heterocycles. The first kappa shape index (κ1) is 14.3. The Labute approximate surface area is 112 Å². The van der Waals surface area contributed by atoms with Gasteiger partial charge in [0, 0.05) is 6.07 Å². The van der Waals surface area contributed by atoms with Gasteiger partial charge in [-0.1, -0.05) is 0 Å². The molecule has 0 fully saturated rings. The molecular formula is C14H10F4O2. The highest BCUT2D eigenvalue weighted by atomic mass is 19.1. The summed E-state index contributed by atoms with van der Waals surface area (Å²) in [5.74, 6) is -4.26. The Balaban J connectivity index is 2.18. The van der Waals surface area contributed by atoms with Crippen molar-refractivity contribution in [3.63, 3.8) is 0 Å². The molecule has 106 valence electrons. The van der Waals surface area contributed by atoms with Crippen LogP contribution >= 0.6 is 0 Å². The van der Waals surface area contributed by atoms with Crippen LogP contribution < -0.4 is 4.74 Å². The minimum atomic E-state index is -0.995. The fraction of sp³-hybridized carbons (Fsp3) is 0.143. The second-order valence-electron chi connectivity index (χ2n) is 4.11. The summed E-state index contributed by atoms with van der Waals surface area (Å²) in [6.07, 6.45) is 0. The van der Waals surface area contributed by atoms with Crippen molar-refractivity contribution in [2.75, 3.05) is 0 Å². The zero-order valence-electron chi connectivity index (χ0n) is 10.2. The molecule has 2 rings (SSSR count). The molecule has 0 aliphatic carbocycles. The maximum atomic E-state index is 13.5. The topological polar surface area (TPSA) is 29.5 Å². The summed E-state index contributed by atoms with van der Waals surface area (Å²) in [7, 11) is 0. The van der Waals surface area contributed by atoms with E-state index in [1.54, 1.807) is 0 Å². The van der Waals surface area contributed by atoms with Crippen LogP contribution in [0.2, 0.25) is 0 Å². The first-order valence-corrected chi connectivity index (χ1v) is 5.66. The van der Waals surface area contributed by atoms with E-state index >= 15 is 0 Å². The molecule has 0 spiro atoms. The average molecular weight is 286 g/mol. The third kappa shape index (κ3) is 3.27. The highest BCUT2D eigenvalue weighted by Crippen LogP contribution is 2.24. The summed E-state index contributed by atoms with van der Waals surface area (Å²) in [6.45, 7) is -0.899. The molecule has 0 radical (unpaired) electrons. The fourth-order valence-electron chi connectivity index (χ4n) is 1.69. The Kier molecular flexibility index (Phi) is 4.24. The molecule has 0 bridgehead atoms. The van der Waals surface area contributed by atoms with Gasteiger partial charge in [0.2, 0.25) is 0 Å². The van der Waals surface area contributed by atoms with E-state index in [2.05, 4.69) is 0 Å². The molecule has 0 unspecified atom stereocenters. The van der Waals surface area contributed by atoms with Gasteiger partial charge in [0.25, 0.3) is 0 Å². The monoisotopic (exact) mass is 286 g/mol. The van der Waals surface area contributed by atoms with Gasteiger partial charge in [0.15, 0.2) is 17.4 Å². The smallest absolute Gasteiger partial charge is 0.191 e. The molecule has 2 aromatic rings. The van der Waals surface area contributed by atoms with Crippen LogP contribution in [0.15, 0.2) is 30.3 Å². The number of aliphatic hydroxyl groups excluding tert-OH is 1. The predicted octanol–water partition coefficient (Wildman–Crippen LogP) is 3.31. The van der Waals surface area contributed by atoms with Crippen LogP contribution in [0.4, 0.5) is 17.6 Å². The molecule has 0 aromatic heterocycles. The van der Waals surface area contributed by atoms with E-state index < -0.39 is 35.6 Å². The molecule has 0 amide bonds. The maximum absolute atomic E-state index is 13.5. The molecule has 20 heavy (non-hydrogen) atoms. The summed E-state index contributed by atoms with van der Waals surface area (Å²) >= 11 is 0. The first-order valence-electron chi connectivity index (χ1n) is 5.66. The van der Waals surface area contributed by atoms with Gasteiger partial charge in [-0.05, 0) is 35.4 Å². The molecule has 2 aromatic carbocycles. The minimum Gasteiger partial charge on any atom is -0.483 e. The van der Waals surface area contributed by atoms with Crippen LogP contribution in [0.3, 0.4) is 0 Å². The number of halogens is 4. The summed E-state index contributed by atoms with van der Waals surface area (Å²) in [5.41, 5.74) is 0.164. The third-order valence-electron chi connectivity index (χ3n) is 2.55. The highest BCUT2D eigenvalue weighted by Gasteiger charge is 2.13. The molecule has 0 aliphatic rings. The Hall–Kier alpha value is -2.08. The summed E-state index contributed by atoms with van der Waals surface area (Å²) in [5, 5.41) is 8.79. The van der Waals surface area contributed by atoms with Crippen molar-refractivity contribution < 1.29 is 27.4 Å². The van der Waals surface area contributed by atoms with Crippen molar-refractivity contribution in [1.29, 1.82) is 0 Å². The molecule has 0 atom stereocenters. The van der Waals surface area contributed by atoms with Gasteiger partial charge >= 0.3 is 0 Å². The van der Waals surface area contributed by atoms with Gasteiger partial charge in [-0.25, -0.2) is 17.6 Å². The van der Waals surface area contributed by atoms with Gasteiger partial charge in [0.05, 0.1) is 6.61 Å². The highest BCUT2D eigenvalue weighted by molar-refractivity contribution is 5.31. The molecule has 6 heteroatoms. The van der Waals surface area contributed by atoms with Crippen molar-refractivity contribution >= 4 is 0 Å². The van der Waals surface area contributed by atoms with Gasteiger partial charge in [-0.15, -0.1) is 0 Å². The Morgan fingerprint density at radius 3 is 1.85 bits per heavy atom. The number of hydrogen-bond donors (Lipinski definition) is 1. The number of rotatable bonds is 4. The fourth-order valence-corrected chi connectivity index (χ4v) is 1.69. The third-order valence-corrected chi connectivity index (χ3v) is 2.55. The van der Waals surface area contributed by atoms with E-state index in [0.29, 0.717) is 6.07 Å². The van der Waals surface area contributed by atoms with Gasteiger partial charge in [-0.3, -0.25) is 0 Å². The first-order chi connectivity index (χ1) is 9.49. The zero-order valence-corrected chi connectivity index (χ0v) is 10.2. The van der Waals surface area contributed by atoms with Crippen LogP contribution in [0.1, 0.15) is 11.1 Å². The normalized spacial score (nSPS) is 10.7. The van der Waals surface area contributed by atoms with Gasteiger partial charge < -0.3 is 9.84 Å². The van der Waals surface area contributed by atoms with Crippen molar-refractivity contribution in [3.8, 4) is 5.75 Å². The van der Waals surface area contributed by atoms with E-state index in [9.17, 15) is 17.6 Å². The molecular weight excluding hydrogens is 276 g/mol. The van der Waals surface area contributed by atoms with E-state index in [-0.39, 0.29) is 17.7 Å². The molecule has 0 heterocycles. The van der Waals surface area contributed by atoms with Crippen molar-refractivity contribution in [2.45, 2.75) is 13.2 Å². The lowest BCUT2D eigenvalue weighted by Crippen LogP contribution is -2.02. The Bertz CT molecular complexity index is 585. The number of benzene rings is 2. The summed E-state index contributed by atoms with van der Waals surface area (Å²) < 4.78 is 57.8. The van der Waals surface area contributed by atoms with Crippen molar-refractivity contribution in [2.24, 2.45) is 0 Å². The van der Waals surface area contributed by atoms with Crippen LogP contribution in [0.5, 0.6) is 5.75 Å². The van der Waals surface area contributed by atoms with Crippen LogP contribution in [-0.2, 0) is 13.2 Å². The summed E-state index contributed by atoms with van der Waals surface area (Å²) in [4.78, 5) is 0. The largest absolute Gasteiger partial charge is 0.483 e. The Morgan fingerprint density at radius 1 is 0.800 bits per heavy atom. The van der Waals surface area contributed by atoms with E-state index in [4.69, 9.17) is 9.84 Å². The number of aliphatic hydroxyl groups is 1. The predicted molar refractivity (Wildman–Crippen MR) is 63.0 cm³/mol. The van der Waals surface area contributed by atoms with Crippen LogP contribution in [-0.4, -0.2) is 5.11 Å². The van der Waals surface area contributed by atoms with Crippen molar-refractivity contribution in [1.82, 2.24) is 0 Å². The lowest BCUT2D eigenvalue weighted by atomic mass is 10.2. The minimum absolute atomic E-state index is 0.0594. The van der Waals surface area contributed by atoms with Gasteiger partial charge in [0.1, 0.15) is 18.2 Å². The maximum Gasteiger partial charge on any atom is 0.191 e. The zero-order chi connectivity index (χ0) is 14.7. The lowest BCUT2D eigenvalue weighted by molar-refractivity contribution is 0.265. The lowest BCUT2D eigenvalue weighted by Gasteiger charge is -2.10. The van der Waals surface area contributed by atoms with Crippen LogP contribution in [0.25, 0.3) is 0 Å². The summed E-state index contributed by atoms with van der Waals surface area (Å²) in [6, 6.07) is 4.53. The SMILES string of the molecule is OCc1cc(F)c(OCc2cc(F)cc(F)c2)c(F)c1. The molecule has 1 N–H and O–H groups in total. The van der Waals surface area contributed by atoms with E-state index in [0.717, 1.165) is 24.3 Å². The van der Waals surface area contributed by atoms with E-state index in [1.807, 2.05) is 0 Å². The number of ether oxygens (including phenoxy) is 1. The van der Waals surface area contributed by atoms with Gasteiger partial charge in [-0.2, -0.15) is 0 Å². The second kappa shape index (κ2) is 5.92. The number of hydrogen-bond acceptors (Lipinski definition) is 2. The van der Waals surface area contributed by atoms with E-state index in [1.165, 1.54) is 0 Å². The molecule has 0 saturated carbocycles. The molecule has 0 saturated heterocycles. The quantitative estimate of drug-likeness (QED) is 0.874. The average Bonchev–Trinajstić information content (AvgIpc) is 2.36. The van der Waals surface area contributed by atoms with Crippen LogP contribution in [0, 0.1) is 23.3 Å². The second-order valence-corrected chi connectivity index (χ2v) is 4.11. The molecule has 2 nitrogen and oxygen atoms in total.